The van der Waals surface area contributed by atoms with E-state index in [9.17, 15) is 5.11 Å². The maximum atomic E-state index is 9.32. The van der Waals surface area contributed by atoms with E-state index in [0.717, 1.165) is 17.0 Å². The highest BCUT2D eigenvalue weighted by molar-refractivity contribution is 5.61. The lowest BCUT2D eigenvalue weighted by Crippen LogP contribution is -2.42. The van der Waals surface area contributed by atoms with E-state index in [4.69, 9.17) is 10.5 Å². The summed E-state index contributed by atoms with van der Waals surface area (Å²) in [6, 6.07) is 6.45. The summed E-state index contributed by atoms with van der Waals surface area (Å²) in [6.45, 7) is 2.78. The van der Waals surface area contributed by atoms with Crippen LogP contribution in [0.1, 0.15) is 37.8 Å². The van der Waals surface area contributed by atoms with Gasteiger partial charge in [0.15, 0.2) is 0 Å². The van der Waals surface area contributed by atoms with Crippen LogP contribution >= 0.6 is 0 Å². The smallest absolute Gasteiger partial charge is 0.125 e. The number of benzene rings is 1. The van der Waals surface area contributed by atoms with Crippen molar-refractivity contribution < 1.29 is 9.84 Å². The second-order valence-corrected chi connectivity index (χ2v) is 5.18. The number of aliphatic hydroxyl groups is 1. The number of nitrogens with zero attached hydrogens (tertiary/aromatic N) is 1. The molecule has 2 rings (SSSR count). The zero-order valence-electron chi connectivity index (χ0n) is 11.8. The SMILES string of the molecule is COc1cccc(N(CCO)C2CCC2)c1C(C)N. The largest absolute Gasteiger partial charge is 0.496 e. The third-order valence-electron chi connectivity index (χ3n) is 3.88. The molecule has 0 aliphatic heterocycles. The molecule has 0 heterocycles. The van der Waals surface area contributed by atoms with E-state index >= 15 is 0 Å². The van der Waals surface area contributed by atoms with Gasteiger partial charge < -0.3 is 20.5 Å². The lowest BCUT2D eigenvalue weighted by atomic mass is 9.90. The van der Waals surface area contributed by atoms with Crippen LogP contribution in [0.2, 0.25) is 0 Å². The Morgan fingerprint density at radius 2 is 2.21 bits per heavy atom. The van der Waals surface area contributed by atoms with Gasteiger partial charge in [-0.1, -0.05) is 6.07 Å². The van der Waals surface area contributed by atoms with Gasteiger partial charge in [0.1, 0.15) is 5.75 Å². The standard InChI is InChI=1S/C15H24N2O2/c1-11(16)15-13(7-4-8-14(15)19-2)17(9-10-18)12-5-3-6-12/h4,7-8,11-12,18H,3,5-6,9-10,16H2,1-2H3. The van der Waals surface area contributed by atoms with Crippen molar-refractivity contribution in [1.82, 2.24) is 0 Å². The summed E-state index contributed by atoms with van der Waals surface area (Å²) in [4.78, 5) is 2.28. The van der Waals surface area contributed by atoms with E-state index in [-0.39, 0.29) is 12.6 Å². The molecule has 1 aliphatic carbocycles. The van der Waals surface area contributed by atoms with Crippen molar-refractivity contribution in [3.8, 4) is 5.75 Å². The van der Waals surface area contributed by atoms with Crippen molar-refractivity contribution in [1.29, 1.82) is 0 Å². The minimum absolute atomic E-state index is 0.0904. The first kappa shape index (κ1) is 14.2. The number of aliphatic hydroxyl groups excluding tert-OH is 1. The van der Waals surface area contributed by atoms with Gasteiger partial charge in [-0.3, -0.25) is 0 Å². The van der Waals surface area contributed by atoms with Crippen LogP contribution in [0.3, 0.4) is 0 Å². The maximum Gasteiger partial charge on any atom is 0.125 e. The monoisotopic (exact) mass is 264 g/mol. The van der Waals surface area contributed by atoms with Crippen molar-refractivity contribution >= 4 is 5.69 Å². The van der Waals surface area contributed by atoms with E-state index in [0.29, 0.717) is 12.6 Å². The molecule has 19 heavy (non-hydrogen) atoms. The Kier molecular flexibility index (Phi) is 4.66. The number of anilines is 1. The molecule has 1 saturated carbocycles. The second-order valence-electron chi connectivity index (χ2n) is 5.18. The number of hydrogen-bond donors (Lipinski definition) is 2. The van der Waals surface area contributed by atoms with Crippen LogP contribution in [0.15, 0.2) is 18.2 Å². The Labute approximate surface area is 115 Å². The summed E-state index contributed by atoms with van der Waals surface area (Å²) >= 11 is 0. The van der Waals surface area contributed by atoms with Gasteiger partial charge in [0.25, 0.3) is 0 Å². The van der Waals surface area contributed by atoms with Crippen molar-refractivity contribution in [2.24, 2.45) is 5.73 Å². The minimum Gasteiger partial charge on any atom is -0.496 e. The number of hydrogen-bond acceptors (Lipinski definition) is 4. The molecule has 0 bridgehead atoms. The molecule has 4 heteroatoms. The van der Waals surface area contributed by atoms with Crippen LogP contribution in [-0.4, -0.2) is 31.4 Å². The van der Waals surface area contributed by atoms with Crippen molar-refractivity contribution in [3.63, 3.8) is 0 Å². The molecule has 1 unspecified atom stereocenters. The average Bonchev–Trinajstić information content (AvgIpc) is 2.35. The van der Waals surface area contributed by atoms with Gasteiger partial charge in [-0.15, -0.1) is 0 Å². The zero-order chi connectivity index (χ0) is 13.8. The van der Waals surface area contributed by atoms with E-state index < -0.39 is 0 Å². The third kappa shape index (κ3) is 2.85. The van der Waals surface area contributed by atoms with E-state index in [1.54, 1.807) is 7.11 Å². The van der Waals surface area contributed by atoms with E-state index in [2.05, 4.69) is 11.0 Å². The summed E-state index contributed by atoms with van der Waals surface area (Å²) in [5, 5.41) is 9.32. The Hall–Kier alpha value is -1.26. The fraction of sp³-hybridized carbons (Fsp3) is 0.600. The van der Waals surface area contributed by atoms with Crippen LogP contribution in [0.25, 0.3) is 0 Å². The van der Waals surface area contributed by atoms with Crippen LogP contribution in [0.4, 0.5) is 5.69 Å². The van der Waals surface area contributed by atoms with Crippen LogP contribution in [-0.2, 0) is 0 Å². The summed E-state index contributed by atoms with van der Waals surface area (Å²) in [5.74, 6) is 0.828. The van der Waals surface area contributed by atoms with Crippen molar-refractivity contribution in [3.05, 3.63) is 23.8 Å². The molecule has 1 aromatic carbocycles. The topological polar surface area (TPSA) is 58.7 Å². The molecule has 106 valence electrons. The molecule has 1 aliphatic rings. The quantitative estimate of drug-likeness (QED) is 0.826. The number of nitrogens with two attached hydrogens (primary N) is 1. The van der Waals surface area contributed by atoms with Crippen LogP contribution < -0.4 is 15.4 Å². The predicted molar refractivity (Wildman–Crippen MR) is 77.7 cm³/mol. The van der Waals surface area contributed by atoms with Gasteiger partial charge in [-0.05, 0) is 38.3 Å². The maximum absolute atomic E-state index is 9.32. The van der Waals surface area contributed by atoms with Crippen LogP contribution in [0, 0.1) is 0 Å². The van der Waals surface area contributed by atoms with E-state index in [1.165, 1.54) is 19.3 Å². The Bertz CT molecular complexity index is 417. The number of methoxy groups -OCH3 is 1. The minimum atomic E-state index is -0.0904. The summed E-state index contributed by atoms with van der Waals surface area (Å²) in [7, 11) is 1.67. The molecule has 1 fully saturated rings. The Morgan fingerprint density at radius 3 is 2.68 bits per heavy atom. The molecular weight excluding hydrogens is 240 g/mol. The van der Waals surface area contributed by atoms with Crippen LogP contribution in [0.5, 0.6) is 5.75 Å². The second kappa shape index (κ2) is 6.26. The summed E-state index contributed by atoms with van der Waals surface area (Å²) < 4.78 is 5.44. The van der Waals surface area contributed by atoms with Crippen molar-refractivity contribution in [2.45, 2.75) is 38.3 Å². The average molecular weight is 264 g/mol. The predicted octanol–water partition coefficient (Wildman–Crippen LogP) is 2.07. The Morgan fingerprint density at radius 1 is 1.47 bits per heavy atom. The normalized spacial score (nSPS) is 16.8. The molecule has 0 saturated heterocycles. The third-order valence-corrected chi connectivity index (χ3v) is 3.88. The van der Waals surface area contributed by atoms with E-state index in [1.807, 2.05) is 19.1 Å². The molecule has 1 aromatic rings. The molecule has 0 spiro atoms. The summed E-state index contributed by atoms with van der Waals surface area (Å²) in [5.41, 5.74) is 8.25. The molecule has 4 nitrogen and oxygen atoms in total. The number of rotatable bonds is 6. The molecule has 0 radical (unpaired) electrons. The molecule has 3 N–H and O–H groups in total. The number of ether oxygens (including phenoxy) is 1. The van der Waals surface area contributed by atoms with Gasteiger partial charge >= 0.3 is 0 Å². The fourth-order valence-corrected chi connectivity index (χ4v) is 2.72. The highest BCUT2D eigenvalue weighted by Crippen LogP contribution is 2.37. The zero-order valence-corrected chi connectivity index (χ0v) is 11.8. The first-order valence-electron chi connectivity index (χ1n) is 6.99. The fourth-order valence-electron chi connectivity index (χ4n) is 2.72. The van der Waals surface area contributed by atoms with Gasteiger partial charge in [0, 0.05) is 29.9 Å². The van der Waals surface area contributed by atoms with Gasteiger partial charge in [0.2, 0.25) is 0 Å². The lowest BCUT2D eigenvalue weighted by Gasteiger charge is -2.40. The molecule has 1 atom stereocenters. The molecule has 0 amide bonds. The first-order chi connectivity index (χ1) is 9.19. The van der Waals surface area contributed by atoms with Gasteiger partial charge in [0.05, 0.1) is 13.7 Å². The molecule has 0 aromatic heterocycles. The molecular formula is C15H24N2O2. The Balaban J connectivity index is 2.39. The highest BCUT2D eigenvalue weighted by Gasteiger charge is 2.27. The first-order valence-corrected chi connectivity index (χ1v) is 6.99. The van der Waals surface area contributed by atoms with Gasteiger partial charge in [-0.2, -0.15) is 0 Å². The van der Waals surface area contributed by atoms with Crippen molar-refractivity contribution in [2.75, 3.05) is 25.2 Å². The van der Waals surface area contributed by atoms with Gasteiger partial charge in [-0.25, -0.2) is 0 Å². The lowest BCUT2D eigenvalue weighted by molar-refractivity contribution is 0.283. The summed E-state index contributed by atoms with van der Waals surface area (Å²) in [6.07, 6.45) is 3.65. The highest BCUT2D eigenvalue weighted by atomic mass is 16.5.